The molecule has 0 bridgehead atoms. The summed E-state index contributed by atoms with van der Waals surface area (Å²) in [7, 11) is 0.770. The van der Waals surface area contributed by atoms with E-state index in [0.717, 1.165) is 28.7 Å². The van der Waals surface area contributed by atoms with Crippen LogP contribution in [0, 0.1) is 11.3 Å². The van der Waals surface area contributed by atoms with Crippen molar-refractivity contribution < 1.29 is 19.2 Å². The Hall–Kier alpha value is -2.91. The van der Waals surface area contributed by atoms with Gasteiger partial charge in [-0.25, -0.2) is 0 Å². The summed E-state index contributed by atoms with van der Waals surface area (Å²) in [6, 6.07) is 13.8. The molecular weight excluding hydrogens is 329 g/mol. The minimum atomic E-state index is -0.793. The van der Waals surface area contributed by atoms with Crippen molar-refractivity contribution >= 4 is 12.7 Å². The third kappa shape index (κ3) is 3.53. The van der Waals surface area contributed by atoms with Crippen LogP contribution in [-0.4, -0.2) is 25.9 Å². The molecular formula is C20H20BNO4. The van der Waals surface area contributed by atoms with Gasteiger partial charge in [0.15, 0.2) is 11.5 Å². The van der Waals surface area contributed by atoms with Crippen molar-refractivity contribution in [2.45, 2.75) is 19.7 Å². The fourth-order valence-corrected chi connectivity index (χ4v) is 2.94. The molecule has 1 heterocycles. The predicted octanol–water partition coefficient (Wildman–Crippen LogP) is 3.87. The molecule has 0 amide bonds. The Kier molecular flexibility index (Phi) is 5.50. The van der Waals surface area contributed by atoms with Gasteiger partial charge in [-0.15, -0.1) is 0 Å². The lowest BCUT2D eigenvalue weighted by Crippen LogP contribution is -2.08. The largest absolute Gasteiger partial charge is 0.542 e. The molecule has 26 heavy (non-hydrogen) atoms. The summed E-state index contributed by atoms with van der Waals surface area (Å²) in [6.07, 6.45) is 2.87. The molecule has 0 fully saturated rings. The Morgan fingerprint density at radius 3 is 2.73 bits per heavy atom. The molecule has 0 atom stereocenters. The summed E-state index contributed by atoms with van der Waals surface area (Å²) in [4.78, 5) is 0. The molecule has 0 spiro atoms. The third-order valence-corrected chi connectivity index (χ3v) is 4.21. The average molecular weight is 349 g/mol. The molecule has 0 saturated carbocycles. The van der Waals surface area contributed by atoms with E-state index >= 15 is 0 Å². The van der Waals surface area contributed by atoms with Crippen LogP contribution >= 0.6 is 0 Å². The number of nitrogens with zero attached hydrogens (tertiary/aromatic N) is 1. The highest BCUT2D eigenvalue weighted by Gasteiger charge is 2.24. The highest BCUT2D eigenvalue weighted by Crippen LogP contribution is 2.39. The molecule has 1 N–H and O–H groups in total. The first-order valence-electron chi connectivity index (χ1n) is 8.55. The second-order valence-corrected chi connectivity index (χ2v) is 6.00. The zero-order valence-corrected chi connectivity index (χ0v) is 14.9. The van der Waals surface area contributed by atoms with Crippen LogP contribution in [0.25, 0.3) is 16.7 Å². The van der Waals surface area contributed by atoms with E-state index in [1.165, 1.54) is 0 Å². The average Bonchev–Trinajstić information content (AvgIpc) is 3.12. The van der Waals surface area contributed by atoms with Gasteiger partial charge in [0.1, 0.15) is 11.6 Å². The quantitative estimate of drug-likeness (QED) is 0.802. The number of benzene rings is 2. The van der Waals surface area contributed by atoms with E-state index in [1.807, 2.05) is 43.3 Å². The molecule has 1 aliphatic heterocycles. The number of rotatable bonds is 6. The maximum Gasteiger partial charge on any atom is 0.526 e. The normalized spacial score (nSPS) is 13.0. The summed E-state index contributed by atoms with van der Waals surface area (Å²) < 4.78 is 16.3. The minimum absolute atomic E-state index is 0.446. The van der Waals surface area contributed by atoms with Gasteiger partial charge in [-0.1, -0.05) is 25.1 Å². The van der Waals surface area contributed by atoms with Crippen molar-refractivity contribution in [2.75, 3.05) is 13.7 Å². The Morgan fingerprint density at radius 2 is 2.08 bits per heavy atom. The second kappa shape index (κ2) is 7.98. The van der Waals surface area contributed by atoms with Gasteiger partial charge in [0.25, 0.3) is 0 Å². The predicted molar refractivity (Wildman–Crippen MR) is 101 cm³/mol. The van der Waals surface area contributed by atoms with E-state index < -0.39 is 7.12 Å². The molecule has 6 heteroatoms. The number of ether oxygens (including phenoxy) is 2. The molecule has 0 radical (unpaired) electrons. The number of hydrogen-bond donors (Lipinski definition) is 1. The van der Waals surface area contributed by atoms with Crippen LogP contribution in [0.4, 0.5) is 0 Å². The topological polar surface area (TPSA) is 71.7 Å². The van der Waals surface area contributed by atoms with Gasteiger partial charge >= 0.3 is 7.12 Å². The maximum absolute atomic E-state index is 9.75. The summed E-state index contributed by atoms with van der Waals surface area (Å²) in [5.74, 6) is 1.02. The number of allylic oxidation sites excluding steroid dienone is 1. The van der Waals surface area contributed by atoms with E-state index in [2.05, 4.69) is 6.07 Å². The lowest BCUT2D eigenvalue weighted by Gasteiger charge is -2.15. The number of methoxy groups -OCH3 is 1. The Balaban J connectivity index is 2.05. The minimum Gasteiger partial charge on any atom is -0.542 e. The molecule has 0 aromatic heterocycles. The fourth-order valence-electron chi connectivity index (χ4n) is 2.94. The van der Waals surface area contributed by atoms with Gasteiger partial charge in [-0.3, -0.25) is 0 Å². The van der Waals surface area contributed by atoms with Crippen molar-refractivity contribution in [1.29, 1.82) is 5.26 Å². The van der Waals surface area contributed by atoms with Gasteiger partial charge in [-0.05, 0) is 41.3 Å². The lowest BCUT2D eigenvalue weighted by molar-refractivity contribution is 0.293. The molecule has 0 unspecified atom stereocenters. The molecule has 0 saturated heterocycles. The van der Waals surface area contributed by atoms with Crippen LogP contribution in [0.2, 0.25) is 6.32 Å². The van der Waals surface area contributed by atoms with Crippen molar-refractivity contribution in [3.63, 3.8) is 0 Å². The monoisotopic (exact) mass is 349 g/mol. The number of hydrogen-bond acceptors (Lipinski definition) is 5. The first kappa shape index (κ1) is 17.9. The molecule has 5 nitrogen and oxygen atoms in total. The van der Waals surface area contributed by atoms with Gasteiger partial charge in [0, 0.05) is 11.9 Å². The van der Waals surface area contributed by atoms with Crippen LogP contribution in [-0.2, 0) is 4.65 Å². The molecule has 2 aromatic rings. The summed E-state index contributed by atoms with van der Waals surface area (Å²) >= 11 is 0. The standard InChI is InChI=1S/C20H20BNO4/c1-3-9-25-20-18(12-22)17(7-8-19(20)24-2)15-6-4-5-14(10-15)16-11-21(23)26-13-16/h4-8,10,13,23H,3,9,11H2,1-2H3. The zero-order chi connectivity index (χ0) is 18.5. The van der Waals surface area contributed by atoms with Gasteiger partial charge in [0.05, 0.1) is 20.0 Å². The molecule has 132 valence electrons. The summed E-state index contributed by atoms with van der Waals surface area (Å²) in [5.41, 5.74) is 4.00. The van der Waals surface area contributed by atoms with Crippen molar-refractivity contribution in [3.05, 3.63) is 53.8 Å². The van der Waals surface area contributed by atoms with E-state index in [9.17, 15) is 10.3 Å². The Bertz CT molecular complexity index is 873. The summed E-state index contributed by atoms with van der Waals surface area (Å²) in [5, 5.41) is 19.3. The first-order valence-corrected chi connectivity index (χ1v) is 8.55. The van der Waals surface area contributed by atoms with E-state index in [-0.39, 0.29) is 0 Å². The van der Waals surface area contributed by atoms with E-state index in [1.54, 1.807) is 13.4 Å². The smallest absolute Gasteiger partial charge is 0.526 e. The summed E-state index contributed by atoms with van der Waals surface area (Å²) in [6.45, 7) is 2.52. The van der Waals surface area contributed by atoms with Crippen LogP contribution in [0.5, 0.6) is 11.5 Å². The highest BCUT2D eigenvalue weighted by atomic mass is 16.5. The third-order valence-electron chi connectivity index (χ3n) is 4.21. The molecule has 1 aliphatic rings. The molecule has 0 aliphatic carbocycles. The Labute approximate surface area is 153 Å². The first-order chi connectivity index (χ1) is 12.7. The van der Waals surface area contributed by atoms with Gasteiger partial charge in [0.2, 0.25) is 0 Å². The fraction of sp³-hybridized carbons (Fsp3) is 0.250. The SMILES string of the molecule is CCCOc1c(OC)ccc(-c2cccc(C3=COB(O)C3)c2)c1C#N. The lowest BCUT2D eigenvalue weighted by atomic mass is 9.81. The molecule has 2 aromatic carbocycles. The van der Waals surface area contributed by atoms with Crippen LogP contribution in [0.15, 0.2) is 42.7 Å². The molecule has 3 rings (SSSR count). The van der Waals surface area contributed by atoms with E-state index in [0.29, 0.717) is 30.0 Å². The van der Waals surface area contributed by atoms with Gasteiger partial charge < -0.3 is 19.2 Å². The van der Waals surface area contributed by atoms with Crippen molar-refractivity contribution in [1.82, 2.24) is 0 Å². The second-order valence-electron chi connectivity index (χ2n) is 6.00. The Morgan fingerprint density at radius 1 is 1.27 bits per heavy atom. The van der Waals surface area contributed by atoms with Crippen LogP contribution < -0.4 is 9.47 Å². The van der Waals surface area contributed by atoms with Crippen LogP contribution in [0.3, 0.4) is 0 Å². The van der Waals surface area contributed by atoms with Gasteiger partial charge in [-0.2, -0.15) is 5.26 Å². The van der Waals surface area contributed by atoms with Crippen LogP contribution in [0.1, 0.15) is 24.5 Å². The van der Waals surface area contributed by atoms with E-state index in [4.69, 9.17) is 14.1 Å². The van der Waals surface area contributed by atoms with Crippen molar-refractivity contribution in [2.24, 2.45) is 0 Å². The maximum atomic E-state index is 9.75. The number of nitriles is 1. The van der Waals surface area contributed by atoms with Crippen molar-refractivity contribution in [3.8, 4) is 28.7 Å². The zero-order valence-electron chi connectivity index (χ0n) is 14.9. The highest BCUT2D eigenvalue weighted by molar-refractivity contribution is 6.47.